The number of hydrogen-bond acceptors (Lipinski definition) is 5. The Morgan fingerprint density at radius 2 is 1.91 bits per heavy atom. The fourth-order valence-corrected chi connectivity index (χ4v) is 6.62. The van der Waals surface area contributed by atoms with Gasteiger partial charge in [-0.05, 0) is 89.0 Å². The van der Waals surface area contributed by atoms with Gasteiger partial charge in [0, 0.05) is 54.4 Å². The van der Waals surface area contributed by atoms with E-state index in [1.807, 2.05) is 0 Å². The van der Waals surface area contributed by atoms with Crippen molar-refractivity contribution >= 4 is 28.8 Å². The van der Waals surface area contributed by atoms with Gasteiger partial charge in [-0.1, -0.05) is 6.08 Å². The molecule has 2 aromatic heterocycles. The number of nitrogens with one attached hydrogen (secondary N) is 1. The molecule has 1 fully saturated rings. The Morgan fingerprint density at radius 3 is 2.73 bits per heavy atom. The average Bonchev–Trinajstić information content (AvgIpc) is 3.38. The molecule has 4 atom stereocenters. The molecule has 0 bridgehead atoms. The van der Waals surface area contributed by atoms with E-state index in [1.54, 1.807) is 0 Å². The monoisotopic (exact) mass is 444 g/mol. The van der Waals surface area contributed by atoms with E-state index in [4.69, 9.17) is 15.0 Å². The molecule has 2 aliphatic heterocycles. The molecule has 0 saturated carbocycles. The molecule has 4 heterocycles. The summed E-state index contributed by atoms with van der Waals surface area (Å²) in [6.07, 6.45) is 13.8. The van der Waals surface area contributed by atoms with Crippen molar-refractivity contribution in [2.45, 2.75) is 50.6 Å². The van der Waals surface area contributed by atoms with Crippen LogP contribution in [-0.4, -0.2) is 65.6 Å². The molecule has 6 rings (SSSR count). The molecule has 6 heteroatoms. The minimum Gasteiger partial charge on any atom is -0.332 e. The lowest BCUT2D eigenvalue weighted by Gasteiger charge is -2.35. The lowest BCUT2D eigenvalue weighted by molar-refractivity contribution is 0.179. The highest BCUT2D eigenvalue weighted by atomic mass is 15.1. The van der Waals surface area contributed by atoms with Gasteiger partial charge in [-0.15, -0.1) is 0 Å². The summed E-state index contributed by atoms with van der Waals surface area (Å²) >= 11 is 0. The lowest BCUT2D eigenvalue weighted by Crippen LogP contribution is -2.37. The first kappa shape index (κ1) is 21.2. The largest absolute Gasteiger partial charge is 0.332 e. The standard InChI is InChI=1S/C27H36N6/c1-28-18-5-8-25-22(14-18)21-7-9-26(31-27(21)33(25)3)30-19-4-6-20-23(16-29-24(20)15-19)17-10-12-32(2)13-11-17/h4,6-7,9,16-18,20,23-24,28H,5,8,10-15H2,1-3H3. The van der Waals surface area contributed by atoms with Crippen LogP contribution in [0.25, 0.3) is 11.0 Å². The van der Waals surface area contributed by atoms with E-state index in [-0.39, 0.29) is 0 Å². The van der Waals surface area contributed by atoms with Crippen LogP contribution in [0.5, 0.6) is 0 Å². The molecule has 0 aromatic carbocycles. The maximum atomic E-state index is 4.98. The number of rotatable bonds is 3. The number of likely N-dealkylation sites (tertiary alicyclic amines) is 1. The fraction of sp³-hybridized carbons (Fsp3) is 0.593. The molecule has 1 N–H and O–H groups in total. The van der Waals surface area contributed by atoms with Crippen molar-refractivity contribution in [2.24, 2.45) is 34.8 Å². The van der Waals surface area contributed by atoms with E-state index in [0.29, 0.717) is 23.9 Å². The Balaban J connectivity index is 1.23. The van der Waals surface area contributed by atoms with Crippen LogP contribution < -0.4 is 5.32 Å². The Bertz CT molecular complexity index is 1130. The second-order valence-electron chi connectivity index (χ2n) is 10.6. The third-order valence-electron chi connectivity index (χ3n) is 8.68. The molecule has 2 aliphatic carbocycles. The Morgan fingerprint density at radius 1 is 1.06 bits per heavy atom. The van der Waals surface area contributed by atoms with Crippen molar-refractivity contribution in [3.05, 3.63) is 35.5 Å². The smallest absolute Gasteiger partial charge is 0.154 e. The Hall–Kier alpha value is -2.31. The summed E-state index contributed by atoms with van der Waals surface area (Å²) in [7, 11) is 6.46. The van der Waals surface area contributed by atoms with E-state index >= 15 is 0 Å². The zero-order valence-corrected chi connectivity index (χ0v) is 20.2. The van der Waals surface area contributed by atoms with Gasteiger partial charge in [-0.3, -0.25) is 4.99 Å². The molecule has 0 spiro atoms. The third kappa shape index (κ3) is 3.77. The van der Waals surface area contributed by atoms with Crippen molar-refractivity contribution in [3.8, 4) is 0 Å². The lowest BCUT2D eigenvalue weighted by atomic mass is 9.74. The van der Waals surface area contributed by atoms with Crippen LogP contribution in [0.1, 0.15) is 36.9 Å². The first-order valence-electron chi connectivity index (χ1n) is 12.7. The molecular weight excluding hydrogens is 408 g/mol. The normalized spacial score (nSPS) is 31.4. The first-order chi connectivity index (χ1) is 16.1. The van der Waals surface area contributed by atoms with Gasteiger partial charge in [0.25, 0.3) is 0 Å². The van der Waals surface area contributed by atoms with Crippen molar-refractivity contribution in [1.82, 2.24) is 19.8 Å². The summed E-state index contributed by atoms with van der Waals surface area (Å²) in [5, 5.41) is 4.74. The van der Waals surface area contributed by atoms with Gasteiger partial charge < -0.3 is 14.8 Å². The zero-order chi connectivity index (χ0) is 22.5. The summed E-state index contributed by atoms with van der Waals surface area (Å²) < 4.78 is 2.29. The fourth-order valence-electron chi connectivity index (χ4n) is 6.62. The summed E-state index contributed by atoms with van der Waals surface area (Å²) in [5.74, 6) is 2.75. The van der Waals surface area contributed by atoms with E-state index in [0.717, 1.165) is 42.4 Å². The number of aromatic nitrogens is 2. The maximum Gasteiger partial charge on any atom is 0.154 e. The highest BCUT2D eigenvalue weighted by Crippen LogP contribution is 2.39. The molecule has 174 valence electrons. The third-order valence-corrected chi connectivity index (χ3v) is 8.68. The molecule has 0 radical (unpaired) electrons. The van der Waals surface area contributed by atoms with Crippen LogP contribution in [0.15, 0.2) is 34.3 Å². The number of likely N-dealkylation sites (N-methyl/N-ethyl adjacent to an activating group) is 1. The minimum atomic E-state index is 0.350. The van der Waals surface area contributed by atoms with Crippen LogP contribution in [0.2, 0.25) is 0 Å². The molecular formula is C27H36N6. The second kappa shape index (κ2) is 8.48. The first-order valence-corrected chi connectivity index (χ1v) is 12.7. The summed E-state index contributed by atoms with van der Waals surface area (Å²) in [6, 6.07) is 5.24. The topological polar surface area (TPSA) is 57.8 Å². The number of piperidine rings is 1. The van der Waals surface area contributed by atoms with E-state index in [9.17, 15) is 0 Å². The van der Waals surface area contributed by atoms with Gasteiger partial charge >= 0.3 is 0 Å². The van der Waals surface area contributed by atoms with Gasteiger partial charge in [-0.2, -0.15) is 0 Å². The van der Waals surface area contributed by atoms with Crippen LogP contribution in [0.4, 0.5) is 5.82 Å². The van der Waals surface area contributed by atoms with Gasteiger partial charge in [-0.25, -0.2) is 9.98 Å². The van der Waals surface area contributed by atoms with E-state index in [2.05, 4.69) is 66.4 Å². The number of fused-ring (bicyclic) bond motifs is 4. The number of nitrogens with zero attached hydrogens (tertiary/aromatic N) is 5. The molecule has 4 aliphatic rings. The molecule has 33 heavy (non-hydrogen) atoms. The van der Waals surface area contributed by atoms with Gasteiger partial charge in [0.2, 0.25) is 0 Å². The van der Waals surface area contributed by atoms with Crippen molar-refractivity contribution in [2.75, 3.05) is 27.2 Å². The number of aryl methyl sites for hydroxylation is 1. The van der Waals surface area contributed by atoms with Gasteiger partial charge in [0.1, 0.15) is 5.65 Å². The summed E-state index contributed by atoms with van der Waals surface area (Å²) in [6.45, 7) is 2.43. The summed E-state index contributed by atoms with van der Waals surface area (Å²) in [4.78, 5) is 17.4. The molecule has 6 nitrogen and oxygen atoms in total. The molecule has 2 aromatic rings. The van der Waals surface area contributed by atoms with Gasteiger partial charge in [0.05, 0.1) is 6.04 Å². The van der Waals surface area contributed by atoms with E-state index in [1.165, 1.54) is 49.0 Å². The highest BCUT2D eigenvalue weighted by Gasteiger charge is 2.39. The van der Waals surface area contributed by atoms with Crippen molar-refractivity contribution in [3.63, 3.8) is 0 Å². The predicted octanol–water partition coefficient (Wildman–Crippen LogP) is 3.71. The minimum absolute atomic E-state index is 0.350. The van der Waals surface area contributed by atoms with E-state index < -0.39 is 0 Å². The molecule has 4 unspecified atom stereocenters. The highest BCUT2D eigenvalue weighted by molar-refractivity contribution is 5.98. The average molecular weight is 445 g/mol. The van der Waals surface area contributed by atoms with Crippen molar-refractivity contribution < 1.29 is 0 Å². The number of pyridine rings is 1. The molecule has 0 amide bonds. The van der Waals surface area contributed by atoms with Crippen LogP contribution in [0, 0.1) is 17.8 Å². The predicted molar refractivity (Wildman–Crippen MR) is 136 cm³/mol. The number of allylic oxidation sites excluding steroid dienone is 1. The van der Waals surface area contributed by atoms with Crippen LogP contribution in [0.3, 0.4) is 0 Å². The summed E-state index contributed by atoms with van der Waals surface area (Å²) in [5.41, 5.74) is 5.08. The maximum absolute atomic E-state index is 4.98. The van der Waals surface area contributed by atoms with Crippen LogP contribution >= 0.6 is 0 Å². The zero-order valence-electron chi connectivity index (χ0n) is 20.2. The van der Waals surface area contributed by atoms with Gasteiger partial charge in [0.15, 0.2) is 5.82 Å². The Kier molecular flexibility index (Phi) is 5.46. The Labute approximate surface area is 196 Å². The molecule has 1 saturated heterocycles. The quantitative estimate of drug-likeness (QED) is 0.785. The van der Waals surface area contributed by atoms with Crippen LogP contribution in [-0.2, 0) is 19.9 Å². The number of aliphatic imine (C=N–C) groups is 2. The SMILES string of the molecule is CNC1CCc2c(c3ccc(N=C4C=CC5C(C4)N=CC5C4CCN(C)CC4)nc3n2C)C1. The second-order valence-corrected chi connectivity index (χ2v) is 10.6. The van der Waals surface area contributed by atoms with Crippen molar-refractivity contribution in [1.29, 1.82) is 0 Å². The number of hydrogen-bond donors (Lipinski definition) is 1.